The maximum Gasteiger partial charge on any atom is 0.166 e. The van der Waals surface area contributed by atoms with Gasteiger partial charge < -0.3 is 20.4 Å². The monoisotopic (exact) mass is 316 g/mol. The Morgan fingerprint density at radius 3 is 1.48 bits per heavy atom. The number of rotatable bonds is 6. The van der Waals surface area contributed by atoms with Crippen LogP contribution in [0.25, 0.3) is 0 Å². The van der Waals surface area contributed by atoms with Crippen LogP contribution in [0, 0.1) is 0 Å². The normalized spacial score (nSPS) is 10.4. The number of phenolic OH excluding ortho intramolecular Hbond substituents is 4. The molecule has 6 heteroatoms. The van der Waals surface area contributed by atoms with Crippen LogP contribution < -0.4 is 0 Å². The molecule has 6 nitrogen and oxygen atoms in total. The summed E-state index contributed by atoms with van der Waals surface area (Å²) in [5, 5.41) is 37.9. The average molecular weight is 316 g/mol. The van der Waals surface area contributed by atoms with Crippen LogP contribution in [-0.2, 0) is 0 Å². The standard InChI is InChI=1S/C17H16O6/c18-10-4-6-16(22)12(8-10)14(20)2-1-3-15(21)13-9-11(19)5-7-17(13)23/h4-9,18-19,22-23H,1-3H2. The molecule has 0 aliphatic rings. The van der Waals surface area contributed by atoms with E-state index < -0.39 is 11.6 Å². The van der Waals surface area contributed by atoms with Crippen molar-refractivity contribution in [3.8, 4) is 23.0 Å². The molecule has 0 saturated carbocycles. The lowest BCUT2D eigenvalue weighted by Crippen LogP contribution is -2.03. The molecule has 0 aliphatic carbocycles. The lowest BCUT2D eigenvalue weighted by atomic mass is 10.0. The minimum atomic E-state index is -0.397. The van der Waals surface area contributed by atoms with Gasteiger partial charge in [0.1, 0.15) is 23.0 Å². The van der Waals surface area contributed by atoms with Gasteiger partial charge in [-0.2, -0.15) is 0 Å². The highest BCUT2D eigenvalue weighted by molar-refractivity contribution is 6.01. The summed E-state index contributed by atoms with van der Waals surface area (Å²) in [6.45, 7) is 0. The first kappa shape index (κ1) is 16.4. The number of hydrogen-bond acceptors (Lipinski definition) is 6. The predicted octanol–water partition coefficient (Wildman–Crippen LogP) is 2.74. The minimum absolute atomic E-state index is 0.00217. The topological polar surface area (TPSA) is 115 Å². The van der Waals surface area contributed by atoms with Gasteiger partial charge in [-0.05, 0) is 42.8 Å². The summed E-state index contributed by atoms with van der Waals surface area (Å²) >= 11 is 0. The highest BCUT2D eigenvalue weighted by Crippen LogP contribution is 2.26. The van der Waals surface area contributed by atoms with Crippen molar-refractivity contribution < 1.29 is 30.0 Å². The van der Waals surface area contributed by atoms with E-state index in [1.807, 2.05) is 0 Å². The molecule has 2 aromatic rings. The van der Waals surface area contributed by atoms with Gasteiger partial charge in [0, 0.05) is 12.8 Å². The van der Waals surface area contributed by atoms with Crippen molar-refractivity contribution in [2.75, 3.05) is 0 Å². The van der Waals surface area contributed by atoms with E-state index in [2.05, 4.69) is 0 Å². The first-order valence-electron chi connectivity index (χ1n) is 6.99. The van der Waals surface area contributed by atoms with Crippen LogP contribution in [0.4, 0.5) is 0 Å². The Balaban J connectivity index is 1.96. The van der Waals surface area contributed by atoms with E-state index in [4.69, 9.17) is 0 Å². The second-order valence-corrected chi connectivity index (χ2v) is 5.10. The first-order chi connectivity index (χ1) is 10.9. The van der Waals surface area contributed by atoms with Gasteiger partial charge in [0.05, 0.1) is 11.1 Å². The molecular weight excluding hydrogens is 300 g/mol. The highest BCUT2D eigenvalue weighted by atomic mass is 16.3. The molecule has 0 amide bonds. The zero-order chi connectivity index (χ0) is 17.0. The van der Waals surface area contributed by atoms with Crippen LogP contribution in [0.5, 0.6) is 23.0 Å². The number of phenols is 4. The number of Topliss-reactive ketones (excluding diaryl/α,β-unsaturated/α-hetero) is 2. The molecule has 0 aromatic heterocycles. The van der Waals surface area contributed by atoms with Crippen LogP contribution in [0.1, 0.15) is 40.0 Å². The van der Waals surface area contributed by atoms with Crippen LogP contribution in [0.2, 0.25) is 0 Å². The molecule has 0 aliphatic heterocycles. The molecule has 2 aromatic carbocycles. The first-order valence-corrected chi connectivity index (χ1v) is 6.99. The number of carbonyl (C=O) groups excluding carboxylic acids is 2. The summed E-state index contributed by atoms with van der Waals surface area (Å²) in [4.78, 5) is 24.0. The van der Waals surface area contributed by atoms with Crippen molar-refractivity contribution >= 4 is 11.6 Å². The average Bonchev–Trinajstić information content (AvgIpc) is 2.51. The molecule has 0 fully saturated rings. The summed E-state index contributed by atoms with van der Waals surface area (Å²) in [6.07, 6.45) is 0.215. The molecule has 0 radical (unpaired) electrons. The Morgan fingerprint density at radius 1 is 0.696 bits per heavy atom. The van der Waals surface area contributed by atoms with Gasteiger partial charge in [0.15, 0.2) is 11.6 Å². The largest absolute Gasteiger partial charge is 0.508 e. The number of aromatic hydroxyl groups is 4. The van der Waals surface area contributed by atoms with E-state index in [-0.39, 0.29) is 53.4 Å². The maximum atomic E-state index is 12.0. The highest BCUT2D eigenvalue weighted by Gasteiger charge is 2.15. The van der Waals surface area contributed by atoms with E-state index in [1.54, 1.807) is 0 Å². The third-order valence-electron chi connectivity index (χ3n) is 3.37. The van der Waals surface area contributed by atoms with Crippen molar-refractivity contribution in [1.29, 1.82) is 0 Å². The van der Waals surface area contributed by atoms with E-state index in [0.717, 1.165) is 0 Å². The smallest absolute Gasteiger partial charge is 0.166 e. The fourth-order valence-electron chi connectivity index (χ4n) is 2.17. The number of benzene rings is 2. The Hall–Kier alpha value is -3.02. The van der Waals surface area contributed by atoms with Gasteiger partial charge in [-0.1, -0.05) is 0 Å². The molecule has 4 N–H and O–H groups in total. The third kappa shape index (κ3) is 4.00. The summed E-state index contributed by atoms with van der Waals surface area (Å²) < 4.78 is 0. The van der Waals surface area contributed by atoms with Crippen LogP contribution in [0.15, 0.2) is 36.4 Å². The van der Waals surface area contributed by atoms with E-state index in [1.165, 1.54) is 36.4 Å². The van der Waals surface area contributed by atoms with Crippen molar-refractivity contribution in [2.24, 2.45) is 0 Å². The van der Waals surface area contributed by atoms with Gasteiger partial charge in [0.25, 0.3) is 0 Å². The fourth-order valence-corrected chi connectivity index (χ4v) is 2.17. The summed E-state index contributed by atoms with van der Waals surface area (Å²) in [6, 6.07) is 7.30. The fraction of sp³-hybridized carbons (Fsp3) is 0.176. The summed E-state index contributed by atoms with van der Waals surface area (Å²) in [7, 11) is 0. The second-order valence-electron chi connectivity index (χ2n) is 5.10. The molecular formula is C17H16O6. The van der Waals surface area contributed by atoms with E-state index in [9.17, 15) is 30.0 Å². The lowest BCUT2D eigenvalue weighted by Gasteiger charge is -2.06. The third-order valence-corrected chi connectivity index (χ3v) is 3.37. The molecule has 0 spiro atoms. The molecule has 0 saturated heterocycles. The Labute approximate surface area is 132 Å². The summed E-state index contributed by atoms with van der Waals surface area (Å²) in [5.41, 5.74) is -0.00435. The van der Waals surface area contributed by atoms with Crippen molar-refractivity contribution in [3.63, 3.8) is 0 Å². The number of ketones is 2. The van der Waals surface area contributed by atoms with Crippen LogP contribution in [-0.4, -0.2) is 32.0 Å². The Kier molecular flexibility index (Phi) is 4.85. The molecule has 23 heavy (non-hydrogen) atoms. The van der Waals surface area contributed by atoms with Gasteiger partial charge in [-0.25, -0.2) is 0 Å². The zero-order valence-electron chi connectivity index (χ0n) is 12.2. The van der Waals surface area contributed by atoms with E-state index >= 15 is 0 Å². The maximum absolute atomic E-state index is 12.0. The number of carbonyl (C=O) groups is 2. The second kappa shape index (κ2) is 6.83. The van der Waals surface area contributed by atoms with Gasteiger partial charge in [0.2, 0.25) is 0 Å². The molecule has 120 valence electrons. The molecule has 0 heterocycles. The molecule has 2 rings (SSSR count). The van der Waals surface area contributed by atoms with Gasteiger partial charge >= 0.3 is 0 Å². The minimum Gasteiger partial charge on any atom is -0.508 e. The molecule has 0 atom stereocenters. The van der Waals surface area contributed by atoms with Crippen LogP contribution in [0.3, 0.4) is 0 Å². The predicted molar refractivity (Wildman–Crippen MR) is 82.1 cm³/mol. The number of hydrogen-bond donors (Lipinski definition) is 4. The SMILES string of the molecule is O=C(CCCC(=O)c1cc(O)ccc1O)c1cc(O)ccc1O. The van der Waals surface area contributed by atoms with Crippen molar-refractivity contribution in [3.05, 3.63) is 47.5 Å². The molecule has 0 bridgehead atoms. The van der Waals surface area contributed by atoms with Gasteiger partial charge in [-0.15, -0.1) is 0 Å². The Bertz CT molecular complexity index is 687. The lowest BCUT2D eigenvalue weighted by molar-refractivity contribution is 0.0954. The van der Waals surface area contributed by atoms with Crippen molar-refractivity contribution in [2.45, 2.75) is 19.3 Å². The zero-order valence-corrected chi connectivity index (χ0v) is 12.2. The van der Waals surface area contributed by atoms with Crippen LogP contribution >= 0.6 is 0 Å². The Morgan fingerprint density at radius 2 is 1.09 bits per heavy atom. The van der Waals surface area contributed by atoms with Crippen molar-refractivity contribution in [1.82, 2.24) is 0 Å². The quantitative estimate of drug-likeness (QED) is 0.481. The van der Waals surface area contributed by atoms with E-state index in [0.29, 0.717) is 0 Å². The molecule has 0 unspecified atom stereocenters. The van der Waals surface area contributed by atoms with Gasteiger partial charge in [-0.3, -0.25) is 9.59 Å². The summed E-state index contributed by atoms with van der Waals surface area (Å²) in [5.74, 6) is -1.52.